The maximum Gasteiger partial charge on any atom is 0.251 e. The van der Waals surface area contributed by atoms with Crippen LogP contribution in [0.15, 0.2) is 24.3 Å². The smallest absolute Gasteiger partial charge is 0.251 e. The van der Waals surface area contributed by atoms with Gasteiger partial charge in [0.1, 0.15) is 0 Å². The highest BCUT2D eigenvalue weighted by Crippen LogP contribution is 2.29. The third-order valence-corrected chi connectivity index (χ3v) is 4.72. The Kier molecular flexibility index (Phi) is 5.13. The van der Waals surface area contributed by atoms with Crippen LogP contribution in [0.5, 0.6) is 0 Å². The molecule has 1 N–H and O–H groups in total. The first-order valence-corrected chi connectivity index (χ1v) is 7.85. The summed E-state index contributed by atoms with van der Waals surface area (Å²) in [5, 5.41) is 3.53. The van der Waals surface area contributed by atoms with Crippen molar-refractivity contribution < 1.29 is 9.53 Å². The molecule has 3 nitrogen and oxygen atoms in total. The zero-order valence-corrected chi connectivity index (χ0v) is 12.5. The molecule has 19 heavy (non-hydrogen) atoms. The summed E-state index contributed by atoms with van der Waals surface area (Å²) < 4.78 is 5.63. The molecular formula is C14H18ClNO2S. The van der Waals surface area contributed by atoms with Crippen molar-refractivity contribution in [3.63, 3.8) is 0 Å². The van der Waals surface area contributed by atoms with Crippen molar-refractivity contribution in [3.05, 3.63) is 34.9 Å². The van der Waals surface area contributed by atoms with Gasteiger partial charge in [-0.2, -0.15) is 11.8 Å². The second-order valence-electron chi connectivity index (χ2n) is 4.69. The normalized spacial score (nSPS) is 18.0. The van der Waals surface area contributed by atoms with Crippen LogP contribution in [0.2, 0.25) is 5.02 Å². The van der Waals surface area contributed by atoms with Crippen LogP contribution in [0.25, 0.3) is 0 Å². The van der Waals surface area contributed by atoms with Gasteiger partial charge in [-0.15, -0.1) is 0 Å². The van der Waals surface area contributed by atoms with Gasteiger partial charge in [0.2, 0.25) is 0 Å². The molecule has 1 aliphatic heterocycles. The number of hydrogen-bond donors (Lipinski definition) is 1. The molecule has 1 aromatic carbocycles. The lowest BCUT2D eigenvalue weighted by Crippen LogP contribution is -2.46. The number of hydrogen-bond acceptors (Lipinski definition) is 3. The number of ether oxygens (including phenoxy) is 1. The van der Waals surface area contributed by atoms with Gasteiger partial charge >= 0.3 is 0 Å². The minimum Gasteiger partial charge on any atom is -0.376 e. The highest BCUT2D eigenvalue weighted by molar-refractivity contribution is 7.99. The maximum atomic E-state index is 12.1. The summed E-state index contributed by atoms with van der Waals surface area (Å²) in [5.41, 5.74) is 0.378. The standard InChI is InChI=1S/C14H18ClNO2S/c1-18-14(5-7-19-8-6-14)10-16-13(17)11-3-2-4-12(15)9-11/h2-4,9H,5-8,10H2,1H3,(H,16,17). The summed E-state index contributed by atoms with van der Waals surface area (Å²) in [4.78, 5) is 12.1. The molecule has 0 bridgehead atoms. The summed E-state index contributed by atoms with van der Waals surface area (Å²) in [5.74, 6) is 2.07. The summed E-state index contributed by atoms with van der Waals surface area (Å²) in [6.07, 6.45) is 1.95. The van der Waals surface area contributed by atoms with E-state index in [4.69, 9.17) is 16.3 Å². The minimum absolute atomic E-state index is 0.0999. The monoisotopic (exact) mass is 299 g/mol. The van der Waals surface area contributed by atoms with E-state index < -0.39 is 0 Å². The van der Waals surface area contributed by atoms with Crippen LogP contribution in [0.3, 0.4) is 0 Å². The van der Waals surface area contributed by atoms with Crippen molar-refractivity contribution in [2.24, 2.45) is 0 Å². The van der Waals surface area contributed by atoms with Gasteiger partial charge in [0.05, 0.1) is 5.60 Å². The van der Waals surface area contributed by atoms with E-state index in [1.54, 1.807) is 31.4 Å². The number of nitrogens with one attached hydrogen (secondary N) is 1. The number of benzene rings is 1. The van der Waals surface area contributed by atoms with Crippen LogP contribution in [0.1, 0.15) is 23.2 Å². The zero-order chi connectivity index (χ0) is 13.7. The Morgan fingerprint density at radius 1 is 1.47 bits per heavy atom. The van der Waals surface area contributed by atoms with Crippen molar-refractivity contribution in [3.8, 4) is 0 Å². The average Bonchev–Trinajstić information content (AvgIpc) is 2.46. The molecule has 0 unspecified atom stereocenters. The number of methoxy groups -OCH3 is 1. The van der Waals surface area contributed by atoms with Crippen molar-refractivity contribution in [2.45, 2.75) is 18.4 Å². The molecular weight excluding hydrogens is 282 g/mol. The second kappa shape index (κ2) is 6.64. The number of thioether (sulfide) groups is 1. The van der Waals surface area contributed by atoms with Gasteiger partial charge in [-0.3, -0.25) is 4.79 Å². The predicted molar refractivity (Wildman–Crippen MR) is 80.1 cm³/mol. The predicted octanol–water partition coefficient (Wildman–Crippen LogP) is 2.98. The number of amides is 1. The fourth-order valence-corrected chi connectivity index (χ4v) is 3.60. The van der Waals surface area contributed by atoms with E-state index in [0.717, 1.165) is 24.3 Å². The van der Waals surface area contributed by atoms with Gasteiger partial charge in [0.25, 0.3) is 5.91 Å². The van der Waals surface area contributed by atoms with Gasteiger partial charge in [0, 0.05) is 24.2 Å². The van der Waals surface area contributed by atoms with Crippen molar-refractivity contribution in [2.75, 3.05) is 25.2 Å². The minimum atomic E-state index is -0.209. The van der Waals surface area contributed by atoms with E-state index in [2.05, 4.69) is 5.32 Å². The van der Waals surface area contributed by atoms with Gasteiger partial charge in [-0.25, -0.2) is 0 Å². The largest absolute Gasteiger partial charge is 0.376 e. The first-order chi connectivity index (χ1) is 9.15. The second-order valence-corrected chi connectivity index (χ2v) is 6.35. The summed E-state index contributed by atoms with van der Waals surface area (Å²) >= 11 is 7.82. The molecule has 1 fully saturated rings. The third kappa shape index (κ3) is 3.88. The summed E-state index contributed by atoms with van der Waals surface area (Å²) in [6, 6.07) is 6.97. The lowest BCUT2D eigenvalue weighted by atomic mass is 9.96. The molecule has 0 saturated carbocycles. The van der Waals surface area contributed by atoms with Crippen LogP contribution in [0.4, 0.5) is 0 Å². The topological polar surface area (TPSA) is 38.3 Å². The fraction of sp³-hybridized carbons (Fsp3) is 0.500. The summed E-state index contributed by atoms with van der Waals surface area (Å²) in [6.45, 7) is 0.551. The van der Waals surface area contributed by atoms with Gasteiger partial charge < -0.3 is 10.1 Å². The van der Waals surface area contributed by atoms with E-state index in [0.29, 0.717) is 17.1 Å². The van der Waals surface area contributed by atoms with Gasteiger partial charge in [-0.1, -0.05) is 17.7 Å². The first kappa shape index (κ1) is 14.7. The fourth-order valence-electron chi connectivity index (χ4n) is 2.17. The Balaban J connectivity index is 1.95. The van der Waals surface area contributed by atoms with Crippen molar-refractivity contribution in [1.82, 2.24) is 5.32 Å². The Hall–Kier alpha value is -0.710. The first-order valence-electron chi connectivity index (χ1n) is 6.32. The van der Waals surface area contributed by atoms with E-state index in [1.165, 1.54) is 0 Å². The highest BCUT2D eigenvalue weighted by atomic mass is 35.5. The van der Waals surface area contributed by atoms with E-state index >= 15 is 0 Å². The van der Waals surface area contributed by atoms with Crippen LogP contribution >= 0.6 is 23.4 Å². The SMILES string of the molecule is COC1(CNC(=O)c2cccc(Cl)c2)CCSCC1. The van der Waals surface area contributed by atoms with E-state index in [9.17, 15) is 4.79 Å². The summed E-state index contributed by atoms with van der Waals surface area (Å²) in [7, 11) is 1.72. The maximum absolute atomic E-state index is 12.1. The molecule has 0 spiro atoms. The lowest BCUT2D eigenvalue weighted by Gasteiger charge is -2.35. The molecule has 0 radical (unpaired) electrons. The number of carbonyl (C=O) groups is 1. The molecule has 104 valence electrons. The quantitative estimate of drug-likeness (QED) is 0.929. The van der Waals surface area contributed by atoms with Gasteiger partial charge in [0.15, 0.2) is 0 Å². The van der Waals surface area contributed by atoms with Crippen molar-refractivity contribution in [1.29, 1.82) is 0 Å². The Morgan fingerprint density at radius 3 is 2.84 bits per heavy atom. The van der Waals surface area contributed by atoms with Crippen molar-refractivity contribution >= 4 is 29.3 Å². The highest BCUT2D eigenvalue weighted by Gasteiger charge is 2.32. The molecule has 1 heterocycles. The Labute approximate surface area is 123 Å². The van der Waals surface area contributed by atoms with Crippen LogP contribution in [0, 0.1) is 0 Å². The molecule has 5 heteroatoms. The number of rotatable bonds is 4. The van der Waals surface area contributed by atoms with E-state index in [1.807, 2.05) is 11.8 Å². The average molecular weight is 300 g/mol. The van der Waals surface area contributed by atoms with Gasteiger partial charge in [-0.05, 0) is 42.5 Å². The number of halogens is 1. The number of carbonyl (C=O) groups excluding carboxylic acids is 1. The molecule has 1 aromatic rings. The van der Waals surface area contributed by atoms with Crippen LogP contribution in [-0.2, 0) is 4.74 Å². The molecule has 1 saturated heterocycles. The molecule has 1 aliphatic rings. The van der Waals surface area contributed by atoms with Crippen LogP contribution < -0.4 is 5.32 Å². The Morgan fingerprint density at radius 2 is 2.21 bits per heavy atom. The molecule has 0 aliphatic carbocycles. The third-order valence-electron chi connectivity index (χ3n) is 3.49. The molecule has 1 amide bonds. The van der Waals surface area contributed by atoms with Crippen LogP contribution in [-0.4, -0.2) is 36.7 Å². The van der Waals surface area contributed by atoms with E-state index in [-0.39, 0.29) is 11.5 Å². The molecule has 2 rings (SSSR count). The zero-order valence-electron chi connectivity index (χ0n) is 10.9. The lowest BCUT2D eigenvalue weighted by molar-refractivity contribution is -0.0149. The Bertz CT molecular complexity index is 447. The molecule has 0 atom stereocenters. The molecule has 0 aromatic heterocycles.